The zero-order valence-electron chi connectivity index (χ0n) is 14.2. The van der Waals surface area contributed by atoms with E-state index in [2.05, 4.69) is 4.72 Å². The predicted octanol–water partition coefficient (Wildman–Crippen LogP) is 2.12. The predicted molar refractivity (Wildman–Crippen MR) is 91.7 cm³/mol. The zero-order valence-corrected chi connectivity index (χ0v) is 15.0. The zero-order chi connectivity index (χ0) is 18.2. The van der Waals surface area contributed by atoms with E-state index in [1.165, 1.54) is 17.6 Å². The number of sulfonamides is 1. The smallest absolute Gasteiger partial charge is 0.261 e. The minimum atomic E-state index is -3.93. The van der Waals surface area contributed by atoms with Gasteiger partial charge in [-0.3, -0.25) is 10.0 Å². The molecule has 1 aliphatic carbocycles. The second-order valence-corrected chi connectivity index (χ2v) is 8.40. The average Bonchev–Trinajstić information content (AvgIpc) is 2.96. The molecule has 25 heavy (non-hydrogen) atoms. The minimum Gasteiger partial charge on any atom is -0.461 e. The lowest BCUT2D eigenvalue weighted by atomic mass is 9.96. The molecule has 0 spiro atoms. The molecule has 0 aliphatic heterocycles. The molecule has 0 bridgehead atoms. The van der Waals surface area contributed by atoms with E-state index in [0.29, 0.717) is 5.58 Å². The van der Waals surface area contributed by atoms with E-state index in [-0.39, 0.29) is 10.8 Å². The normalized spacial score (nSPS) is 16.0. The Morgan fingerprint density at radius 3 is 2.64 bits per heavy atom. The Labute approximate surface area is 146 Å². The number of hydrogen-bond donors (Lipinski definition) is 3. The third kappa shape index (κ3) is 3.42. The van der Waals surface area contributed by atoms with Gasteiger partial charge in [-0.05, 0) is 37.3 Å². The SMILES string of the molecule is CC(C)[C@H](NS(=O)(=O)c1ccc2c3c(oc2c1)CCCC3)C(=O)NO. The Bertz CT molecular complexity index is 901. The minimum absolute atomic E-state index is 0.0301. The molecule has 1 amide bonds. The summed E-state index contributed by atoms with van der Waals surface area (Å²) in [6.07, 6.45) is 4.00. The average molecular weight is 366 g/mol. The fourth-order valence-corrected chi connectivity index (χ4v) is 4.57. The first-order chi connectivity index (χ1) is 11.8. The molecule has 1 atom stereocenters. The van der Waals surface area contributed by atoms with Gasteiger partial charge in [-0.2, -0.15) is 4.72 Å². The Balaban J connectivity index is 1.95. The molecule has 0 fully saturated rings. The van der Waals surface area contributed by atoms with Gasteiger partial charge in [-0.25, -0.2) is 13.9 Å². The summed E-state index contributed by atoms with van der Waals surface area (Å²) in [7, 11) is -3.93. The lowest BCUT2D eigenvalue weighted by molar-refractivity contribution is -0.131. The van der Waals surface area contributed by atoms with Gasteiger partial charge < -0.3 is 4.42 Å². The van der Waals surface area contributed by atoms with Crippen molar-refractivity contribution in [1.29, 1.82) is 0 Å². The molecule has 0 saturated carbocycles. The molecule has 136 valence electrons. The van der Waals surface area contributed by atoms with Gasteiger partial charge in [0.25, 0.3) is 5.91 Å². The Hall–Kier alpha value is -1.90. The molecule has 1 aliphatic rings. The first kappa shape index (κ1) is 17.9. The van der Waals surface area contributed by atoms with Crippen molar-refractivity contribution in [3.8, 4) is 0 Å². The van der Waals surface area contributed by atoms with Crippen molar-refractivity contribution in [1.82, 2.24) is 10.2 Å². The Morgan fingerprint density at radius 2 is 1.96 bits per heavy atom. The maximum Gasteiger partial charge on any atom is 0.261 e. The molecule has 0 radical (unpaired) electrons. The summed E-state index contributed by atoms with van der Waals surface area (Å²) in [6, 6.07) is 3.69. The third-order valence-electron chi connectivity index (χ3n) is 4.58. The van der Waals surface area contributed by atoms with Crippen molar-refractivity contribution in [2.75, 3.05) is 0 Å². The van der Waals surface area contributed by atoms with Crippen LogP contribution in [0.15, 0.2) is 27.5 Å². The first-order valence-corrected chi connectivity index (χ1v) is 9.82. The lowest BCUT2D eigenvalue weighted by Crippen LogP contribution is -2.48. The van der Waals surface area contributed by atoms with E-state index in [0.717, 1.165) is 42.4 Å². The number of aryl methyl sites for hydroxylation is 2. The molecular formula is C17H22N2O5S. The first-order valence-electron chi connectivity index (χ1n) is 8.34. The number of benzene rings is 1. The molecule has 1 aromatic heterocycles. The number of carbonyl (C=O) groups excluding carboxylic acids is 1. The summed E-state index contributed by atoms with van der Waals surface area (Å²) in [5.74, 6) is -0.196. The molecular weight excluding hydrogens is 344 g/mol. The van der Waals surface area contributed by atoms with Gasteiger partial charge in [0.15, 0.2) is 0 Å². The van der Waals surface area contributed by atoms with Gasteiger partial charge in [-0.15, -0.1) is 0 Å². The van der Waals surface area contributed by atoms with Crippen molar-refractivity contribution in [3.05, 3.63) is 29.5 Å². The molecule has 8 heteroatoms. The molecule has 1 heterocycles. The highest BCUT2D eigenvalue weighted by Gasteiger charge is 2.29. The third-order valence-corrected chi connectivity index (χ3v) is 6.02. The summed E-state index contributed by atoms with van der Waals surface area (Å²) < 4.78 is 33.5. The molecule has 2 aromatic rings. The van der Waals surface area contributed by atoms with E-state index in [9.17, 15) is 13.2 Å². The highest BCUT2D eigenvalue weighted by atomic mass is 32.2. The lowest BCUT2D eigenvalue weighted by Gasteiger charge is -2.20. The van der Waals surface area contributed by atoms with E-state index in [4.69, 9.17) is 9.62 Å². The number of hydroxylamine groups is 1. The highest BCUT2D eigenvalue weighted by molar-refractivity contribution is 7.89. The second kappa shape index (κ2) is 6.78. The van der Waals surface area contributed by atoms with Crippen LogP contribution in [0.3, 0.4) is 0 Å². The van der Waals surface area contributed by atoms with Gasteiger partial charge >= 0.3 is 0 Å². The van der Waals surface area contributed by atoms with Gasteiger partial charge in [-0.1, -0.05) is 13.8 Å². The number of furan rings is 1. The van der Waals surface area contributed by atoms with E-state index in [1.807, 2.05) is 0 Å². The van der Waals surface area contributed by atoms with Crippen molar-refractivity contribution < 1.29 is 22.8 Å². The fraction of sp³-hybridized carbons (Fsp3) is 0.471. The van der Waals surface area contributed by atoms with Crippen LogP contribution >= 0.6 is 0 Å². The maximum atomic E-state index is 12.6. The molecule has 3 N–H and O–H groups in total. The highest BCUT2D eigenvalue weighted by Crippen LogP contribution is 2.33. The Kier molecular flexibility index (Phi) is 4.86. The largest absolute Gasteiger partial charge is 0.461 e. The number of carbonyl (C=O) groups is 1. The molecule has 1 aromatic carbocycles. The van der Waals surface area contributed by atoms with Crippen molar-refractivity contribution in [2.24, 2.45) is 5.92 Å². The van der Waals surface area contributed by atoms with Crippen LogP contribution in [0.4, 0.5) is 0 Å². The number of nitrogens with one attached hydrogen (secondary N) is 2. The number of rotatable bonds is 5. The summed E-state index contributed by atoms with van der Waals surface area (Å²) in [5.41, 5.74) is 3.21. The summed E-state index contributed by atoms with van der Waals surface area (Å²) in [5, 5.41) is 9.75. The van der Waals surface area contributed by atoms with E-state index < -0.39 is 22.0 Å². The molecule has 0 saturated heterocycles. The summed E-state index contributed by atoms with van der Waals surface area (Å²) >= 11 is 0. The standard InChI is InChI=1S/C17H22N2O5S/c1-10(2)16(17(20)18-21)19-25(22,23)11-7-8-13-12-5-3-4-6-14(12)24-15(13)9-11/h7-10,16,19,21H,3-6H2,1-2H3,(H,18,20)/t16-/m0/s1. The maximum absolute atomic E-state index is 12.6. The van der Waals surface area contributed by atoms with Crippen LogP contribution in [0.1, 0.15) is 38.0 Å². The molecule has 3 rings (SSSR count). The fourth-order valence-electron chi connectivity index (χ4n) is 3.21. The van der Waals surface area contributed by atoms with Crippen LogP contribution < -0.4 is 10.2 Å². The second-order valence-electron chi connectivity index (χ2n) is 6.69. The van der Waals surface area contributed by atoms with Crippen molar-refractivity contribution in [3.63, 3.8) is 0 Å². The number of hydrogen-bond acceptors (Lipinski definition) is 5. The van der Waals surface area contributed by atoms with Crippen LogP contribution in [0, 0.1) is 5.92 Å². The van der Waals surface area contributed by atoms with Gasteiger partial charge in [0.05, 0.1) is 4.90 Å². The molecule has 0 unspecified atom stereocenters. The van der Waals surface area contributed by atoms with Crippen LogP contribution in [0.2, 0.25) is 0 Å². The monoisotopic (exact) mass is 366 g/mol. The summed E-state index contributed by atoms with van der Waals surface area (Å²) in [6.45, 7) is 3.37. The topological polar surface area (TPSA) is 109 Å². The quantitative estimate of drug-likeness (QED) is 0.555. The van der Waals surface area contributed by atoms with Crippen LogP contribution in [0.5, 0.6) is 0 Å². The van der Waals surface area contributed by atoms with Gasteiger partial charge in [0.2, 0.25) is 10.0 Å². The Morgan fingerprint density at radius 1 is 1.24 bits per heavy atom. The molecule has 7 nitrogen and oxygen atoms in total. The van der Waals surface area contributed by atoms with Gasteiger partial charge in [0, 0.05) is 23.4 Å². The number of amides is 1. The van der Waals surface area contributed by atoms with Crippen molar-refractivity contribution >= 4 is 26.9 Å². The van der Waals surface area contributed by atoms with Crippen LogP contribution in [-0.2, 0) is 27.7 Å². The van der Waals surface area contributed by atoms with Gasteiger partial charge in [0.1, 0.15) is 17.4 Å². The summed E-state index contributed by atoms with van der Waals surface area (Å²) in [4.78, 5) is 11.7. The van der Waals surface area contributed by atoms with Crippen LogP contribution in [-0.4, -0.2) is 25.6 Å². The van der Waals surface area contributed by atoms with Crippen LogP contribution in [0.25, 0.3) is 11.0 Å². The van der Waals surface area contributed by atoms with E-state index in [1.54, 1.807) is 19.9 Å². The van der Waals surface area contributed by atoms with Crippen molar-refractivity contribution in [2.45, 2.75) is 50.5 Å². The van der Waals surface area contributed by atoms with E-state index >= 15 is 0 Å². The number of fused-ring (bicyclic) bond motifs is 3.